The van der Waals surface area contributed by atoms with E-state index in [1.807, 2.05) is 18.2 Å². The molecule has 3 heterocycles. The van der Waals surface area contributed by atoms with Crippen molar-refractivity contribution in [1.29, 1.82) is 5.26 Å². The second-order valence-corrected chi connectivity index (χ2v) is 7.19. The number of ether oxygens (including phenoxy) is 3. The third-order valence-electron chi connectivity index (χ3n) is 5.29. The van der Waals surface area contributed by atoms with Gasteiger partial charge in [0.15, 0.2) is 17.2 Å². The van der Waals surface area contributed by atoms with E-state index in [1.54, 1.807) is 6.20 Å². The van der Waals surface area contributed by atoms with Crippen molar-refractivity contribution in [3.8, 4) is 23.3 Å². The molecular weight excluding hydrogens is 342 g/mol. The Morgan fingerprint density at radius 1 is 1.19 bits per heavy atom. The van der Waals surface area contributed by atoms with Crippen LogP contribution in [0.25, 0.3) is 0 Å². The molecule has 27 heavy (non-hydrogen) atoms. The largest absolute Gasteiger partial charge is 0.487 e. The van der Waals surface area contributed by atoms with Crippen molar-refractivity contribution in [2.45, 2.75) is 37.8 Å². The average Bonchev–Trinajstić information content (AvgIpc) is 3.40. The molecule has 0 unspecified atom stereocenters. The van der Waals surface area contributed by atoms with Crippen LogP contribution in [0.2, 0.25) is 0 Å². The Morgan fingerprint density at radius 2 is 2.07 bits per heavy atom. The Bertz CT molecular complexity index is 904. The van der Waals surface area contributed by atoms with Crippen molar-refractivity contribution in [2.24, 2.45) is 0 Å². The maximum Gasteiger partial charge on any atom is 0.166 e. The molecule has 1 saturated heterocycles. The number of hydrogen-bond donors (Lipinski definition) is 0. The van der Waals surface area contributed by atoms with Crippen LogP contribution in [-0.2, 0) is 0 Å². The molecule has 6 heteroatoms. The first-order valence-corrected chi connectivity index (χ1v) is 9.55. The molecule has 1 atom stereocenters. The summed E-state index contributed by atoms with van der Waals surface area (Å²) in [6, 6.07) is 10.3. The first-order chi connectivity index (χ1) is 13.3. The molecule has 1 saturated carbocycles. The summed E-state index contributed by atoms with van der Waals surface area (Å²) in [5.41, 5.74) is 1.68. The zero-order valence-electron chi connectivity index (χ0n) is 15.1. The van der Waals surface area contributed by atoms with Crippen LogP contribution in [-0.4, -0.2) is 30.8 Å². The molecule has 0 N–H and O–H groups in total. The quantitative estimate of drug-likeness (QED) is 0.827. The highest BCUT2D eigenvalue weighted by Gasteiger charge is 2.32. The SMILES string of the molecule is N#Cc1cc(N2CCC[C@H]2c2cccc3c2OCCO3)ncc1OC1CC1. The number of hydrogen-bond acceptors (Lipinski definition) is 6. The molecule has 0 amide bonds. The lowest BCUT2D eigenvalue weighted by molar-refractivity contribution is 0.169. The molecule has 2 fully saturated rings. The Kier molecular flexibility index (Phi) is 4.01. The van der Waals surface area contributed by atoms with Crippen molar-refractivity contribution < 1.29 is 14.2 Å². The summed E-state index contributed by atoms with van der Waals surface area (Å²) in [6.07, 6.45) is 6.14. The van der Waals surface area contributed by atoms with E-state index in [9.17, 15) is 5.26 Å². The highest BCUT2D eigenvalue weighted by molar-refractivity contribution is 5.56. The van der Waals surface area contributed by atoms with Gasteiger partial charge in [0.2, 0.25) is 0 Å². The Labute approximate surface area is 158 Å². The molecule has 2 aromatic rings. The van der Waals surface area contributed by atoms with E-state index in [4.69, 9.17) is 14.2 Å². The second-order valence-electron chi connectivity index (χ2n) is 7.19. The number of nitrogens with zero attached hydrogens (tertiary/aromatic N) is 3. The molecule has 3 aliphatic rings. The molecule has 6 nitrogen and oxygen atoms in total. The minimum absolute atomic E-state index is 0.163. The third kappa shape index (κ3) is 3.03. The van der Waals surface area contributed by atoms with Crippen molar-refractivity contribution >= 4 is 5.82 Å². The molecule has 1 aromatic heterocycles. The maximum absolute atomic E-state index is 9.55. The average molecular weight is 363 g/mol. The van der Waals surface area contributed by atoms with Gasteiger partial charge in [-0.1, -0.05) is 12.1 Å². The fourth-order valence-electron chi connectivity index (χ4n) is 3.86. The summed E-state index contributed by atoms with van der Waals surface area (Å²) in [5, 5.41) is 9.55. The number of rotatable bonds is 4. The lowest BCUT2D eigenvalue weighted by Gasteiger charge is -2.29. The van der Waals surface area contributed by atoms with Crippen LogP contribution in [0.4, 0.5) is 5.82 Å². The van der Waals surface area contributed by atoms with E-state index in [0.717, 1.165) is 55.1 Å². The van der Waals surface area contributed by atoms with Gasteiger partial charge in [0, 0.05) is 18.2 Å². The Hall–Kier alpha value is -2.94. The molecule has 0 spiro atoms. The molecule has 138 valence electrons. The molecular formula is C21H21N3O3. The standard InChI is InChI=1S/C21H21N3O3/c22-12-14-11-20(23-13-19(14)27-15-6-7-15)24-8-2-4-17(24)16-3-1-5-18-21(16)26-10-9-25-18/h1,3,5,11,13,15,17H,2,4,6-10H2/t17-/m0/s1. The predicted octanol–water partition coefficient (Wildman–Crippen LogP) is 3.61. The molecule has 1 aliphatic carbocycles. The van der Waals surface area contributed by atoms with E-state index in [-0.39, 0.29) is 12.1 Å². The topological polar surface area (TPSA) is 67.6 Å². The van der Waals surface area contributed by atoms with Gasteiger partial charge in [-0.05, 0) is 31.7 Å². The number of pyridine rings is 1. The van der Waals surface area contributed by atoms with Crippen LogP contribution < -0.4 is 19.1 Å². The summed E-state index contributed by atoms with van der Waals surface area (Å²) in [4.78, 5) is 6.87. The zero-order chi connectivity index (χ0) is 18.2. The van der Waals surface area contributed by atoms with Crippen molar-refractivity contribution in [3.05, 3.63) is 41.6 Å². The molecule has 1 aromatic carbocycles. The van der Waals surface area contributed by atoms with Gasteiger partial charge >= 0.3 is 0 Å². The van der Waals surface area contributed by atoms with Gasteiger partial charge in [-0.15, -0.1) is 0 Å². The summed E-state index contributed by atoms with van der Waals surface area (Å²) in [7, 11) is 0. The highest BCUT2D eigenvalue weighted by atomic mass is 16.6. The second kappa shape index (κ2) is 6.66. The van der Waals surface area contributed by atoms with E-state index >= 15 is 0 Å². The van der Waals surface area contributed by atoms with Gasteiger partial charge in [-0.3, -0.25) is 0 Å². The minimum Gasteiger partial charge on any atom is -0.487 e. The van der Waals surface area contributed by atoms with Gasteiger partial charge in [-0.25, -0.2) is 4.98 Å². The van der Waals surface area contributed by atoms with Crippen LogP contribution in [0, 0.1) is 11.3 Å². The molecule has 0 radical (unpaired) electrons. The maximum atomic E-state index is 9.55. The van der Waals surface area contributed by atoms with Crippen LogP contribution in [0.15, 0.2) is 30.5 Å². The monoisotopic (exact) mass is 363 g/mol. The van der Waals surface area contributed by atoms with Crippen molar-refractivity contribution in [2.75, 3.05) is 24.7 Å². The molecule has 0 bridgehead atoms. The first-order valence-electron chi connectivity index (χ1n) is 9.55. The number of para-hydroxylation sites is 1. The van der Waals surface area contributed by atoms with Crippen LogP contribution in [0.3, 0.4) is 0 Å². The lowest BCUT2D eigenvalue weighted by Crippen LogP contribution is -2.25. The third-order valence-corrected chi connectivity index (χ3v) is 5.29. The zero-order valence-corrected chi connectivity index (χ0v) is 15.1. The van der Waals surface area contributed by atoms with Crippen LogP contribution in [0.5, 0.6) is 17.2 Å². The van der Waals surface area contributed by atoms with E-state index in [2.05, 4.69) is 22.0 Å². The number of aromatic nitrogens is 1. The molecule has 2 aliphatic heterocycles. The first kappa shape index (κ1) is 16.2. The summed E-state index contributed by atoms with van der Waals surface area (Å²) in [6.45, 7) is 2.05. The number of benzene rings is 1. The van der Waals surface area contributed by atoms with Crippen molar-refractivity contribution in [1.82, 2.24) is 4.98 Å². The van der Waals surface area contributed by atoms with Gasteiger partial charge in [0.25, 0.3) is 0 Å². The predicted molar refractivity (Wildman–Crippen MR) is 99.4 cm³/mol. The van der Waals surface area contributed by atoms with Gasteiger partial charge in [0.1, 0.15) is 25.1 Å². The lowest BCUT2D eigenvalue weighted by atomic mass is 10.0. The summed E-state index contributed by atoms with van der Waals surface area (Å²) < 4.78 is 17.5. The van der Waals surface area contributed by atoms with Crippen LogP contribution >= 0.6 is 0 Å². The Balaban J connectivity index is 1.47. The minimum atomic E-state index is 0.163. The van der Waals surface area contributed by atoms with Gasteiger partial charge < -0.3 is 19.1 Å². The van der Waals surface area contributed by atoms with Gasteiger partial charge in [-0.2, -0.15) is 5.26 Å². The highest BCUT2D eigenvalue weighted by Crippen LogP contribution is 2.44. The molecule has 5 rings (SSSR count). The number of fused-ring (bicyclic) bond motifs is 1. The van der Waals surface area contributed by atoms with E-state index in [0.29, 0.717) is 24.5 Å². The fraction of sp³-hybridized carbons (Fsp3) is 0.429. The number of nitriles is 1. The van der Waals surface area contributed by atoms with Gasteiger partial charge in [0.05, 0.1) is 23.9 Å². The fourth-order valence-corrected chi connectivity index (χ4v) is 3.86. The smallest absolute Gasteiger partial charge is 0.166 e. The Morgan fingerprint density at radius 3 is 2.93 bits per heavy atom. The van der Waals surface area contributed by atoms with E-state index in [1.165, 1.54) is 0 Å². The normalized spacial score (nSPS) is 21.0. The van der Waals surface area contributed by atoms with E-state index < -0.39 is 0 Å². The summed E-state index contributed by atoms with van der Waals surface area (Å²) >= 11 is 0. The summed E-state index contributed by atoms with van der Waals surface area (Å²) in [5.74, 6) is 3.05. The number of anilines is 1. The van der Waals surface area contributed by atoms with Crippen molar-refractivity contribution in [3.63, 3.8) is 0 Å². The van der Waals surface area contributed by atoms with Crippen LogP contribution in [0.1, 0.15) is 42.9 Å².